The van der Waals surface area contributed by atoms with E-state index in [1.165, 1.54) is 120 Å². The Morgan fingerprint density at radius 2 is 1.26 bits per heavy atom. The van der Waals surface area contributed by atoms with E-state index in [0.717, 1.165) is 32.1 Å². The molecule has 0 bridgehead atoms. The largest absolute Gasteiger partial charge is 0.461 e. The lowest BCUT2D eigenvalue weighted by Crippen LogP contribution is -2.30. The van der Waals surface area contributed by atoms with Crippen LogP contribution in [0.25, 0.3) is 0 Å². The fourth-order valence-corrected chi connectivity index (χ4v) is 6.06. The molecule has 0 aromatic carbocycles. The Hall–Kier alpha value is -2.78. The number of aromatic nitrogens is 6. The lowest BCUT2D eigenvalue weighted by atomic mass is 9.97. The summed E-state index contributed by atoms with van der Waals surface area (Å²) in [4.78, 5) is 25.5. The van der Waals surface area contributed by atoms with Crippen molar-refractivity contribution >= 4 is 11.9 Å². The van der Waals surface area contributed by atoms with Gasteiger partial charge >= 0.3 is 11.9 Å². The molecule has 0 aliphatic carbocycles. The Balaban J connectivity index is 1.76. The monoisotopic (exact) mass is 660 g/mol. The summed E-state index contributed by atoms with van der Waals surface area (Å²) in [5.74, 6) is -0.632. The first-order valence-electron chi connectivity index (χ1n) is 19.1. The zero-order chi connectivity index (χ0) is 34.0. The molecule has 1 unspecified atom stereocenters. The number of hydrogen-bond donors (Lipinski definition) is 0. The van der Waals surface area contributed by atoms with Gasteiger partial charge in [-0.1, -0.05) is 147 Å². The van der Waals surface area contributed by atoms with Crippen LogP contribution < -0.4 is 4.68 Å². The van der Waals surface area contributed by atoms with Gasteiger partial charge in [-0.2, -0.15) is 0 Å². The lowest BCUT2D eigenvalue weighted by Gasteiger charge is -2.16. The van der Waals surface area contributed by atoms with Gasteiger partial charge in [0.25, 0.3) is 5.69 Å². The maximum absolute atomic E-state index is 12.9. The van der Waals surface area contributed by atoms with Crippen LogP contribution in [0.15, 0.2) is 12.4 Å². The second-order valence-corrected chi connectivity index (χ2v) is 13.5. The average molecular weight is 660 g/mol. The van der Waals surface area contributed by atoms with E-state index in [9.17, 15) is 9.59 Å². The SMILES string of the molecule is CCCCCCCCCCCCCCC(CCn1n[n+](C)cc1C(=O)OCCCCCCCCCCC)COC(=O)c1cn(C)nn1. The van der Waals surface area contributed by atoms with Crippen molar-refractivity contribution in [3.05, 3.63) is 23.8 Å². The van der Waals surface area contributed by atoms with Crippen LogP contribution in [-0.2, 0) is 30.1 Å². The van der Waals surface area contributed by atoms with Gasteiger partial charge in [-0.15, -0.1) is 14.5 Å². The van der Waals surface area contributed by atoms with E-state index in [1.54, 1.807) is 28.8 Å². The first-order valence-corrected chi connectivity index (χ1v) is 19.1. The van der Waals surface area contributed by atoms with E-state index in [2.05, 4.69) is 29.4 Å². The standard InChI is InChI=1S/C37H67N6O4/c1-5-7-9-11-13-15-16-17-18-20-22-24-26-33(32-47-36(44)34-30-41(3)39-38-34)27-28-43-35(31-42(4)40-43)37(45)46-29-25-23-21-19-14-12-10-8-6-2/h30-31,33H,5-29,32H2,1-4H3/q+1. The molecule has 0 saturated heterocycles. The quantitative estimate of drug-likeness (QED) is 0.0471. The number of esters is 2. The van der Waals surface area contributed by atoms with E-state index in [-0.39, 0.29) is 17.6 Å². The van der Waals surface area contributed by atoms with Crippen LogP contribution in [0.5, 0.6) is 0 Å². The van der Waals surface area contributed by atoms with Gasteiger partial charge in [0.15, 0.2) is 11.9 Å². The van der Waals surface area contributed by atoms with Crippen LogP contribution >= 0.6 is 0 Å². The van der Waals surface area contributed by atoms with Crippen LogP contribution in [0.1, 0.15) is 183 Å². The van der Waals surface area contributed by atoms with Crippen LogP contribution in [-0.4, -0.2) is 50.0 Å². The Kier molecular flexibility index (Phi) is 22.5. The molecule has 10 heteroatoms. The van der Waals surface area contributed by atoms with Crippen molar-refractivity contribution in [1.29, 1.82) is 0 Å². The molecule has 47 heavy (non-hydrogen) atoms. The third kappa shape index (κ3) is 19.0. The molecule has 0 N–H and O–H groups in total. The van der Waals surface area contributed by atoms with E-state index < -0.39 is 5.97 Å². The Bertz CT molecular complexity index is 1080. The molecule has 0 saturated carbocycles. The number of ether oxygens (including phenoxy) is 2. The average Bonchev–Trinajstić information content (AvgIpc) is 3.68. The summed E-state index contributed by atoms with van der Waals surface area (Å²) in [6, 6.07) is 0. The van der Waals surface area contributed by atoms with E-state index in [1.807, 2.05) is 7.05 Å². The summed E-state index contributed by atoms with van der Waals surface area (Å²) in [6.07, 6.45) is 31.7. The zero-order valence-electron chi connectivity index (χ0n) is 30.4. The minimum absolute atomic E-state index is 0.152. The summed E-state index contributed by atoms with van der Waals surface area (Å²) in [5, 5.41) is 12.2. The first kappa shape index (κ1) is 40.4. The van der Waals surface area contributed by atoms with Crippen molar-refractivity contribution in [2.75, 3.05) is 13.2 Å². The van der Waals surface area contributed by atoms with Gasteiger partial charge in [0.1, 0.15) is 13.6 Å². The second kappa shape index (κ2) is 26.2. The van der Waals surface area contributed by atoms with Crippen molar-refractivity contribution in [1.82, 2.24) is 24.9 Å². The van der Waals surface area contributed by atoms with Crippen LogP contribution in [0.3, 0.4) is 0 Å². The molecule has 2 heterocycles. The van der Waals surface area contributed by atoms with Crippen LogP contribution in [0.2, 0.25) is 0 Å². The summed E-state index contributed by atoms with van der Waals surface area (Å²) in [5.41, 5.74) is 0.678. The van der Waals surface area contributed by atoms with E-state index in [0.29, 0.717) is 25.5 Å². The molecule has 268 valence electrons. The summed E-state index contributed by atoms with van der Waals surface area (Å²) in [7, 11) is 3.55. The molecule has 2 aromatic heterocycles. The minimum atomic E-state index is -0.455. The van der Waals surface area contributed by atoms with E-state index in [4.69, 9.17) is 9.47 Å². The van der Waals surface area contributed by atoms with Gasteiger partial charge in [0.05, 0.1) is 24.6 Å². The molecular weight excluding hydrogens is 592 g/mol. The summed E-state index contributed by atoms with van der Waals surface area (Å²) >= 11 is 0. The van der Waals surface area contributed by atoms with Gasteiger partial charge in [0, 0.05) is 7.05 Å². The number of nitrogens with zero attached hydrogens (tertiary/aromatic N) is 6. The molecule has 2 rings (SSSR count). The number of carbonyl (C=O) groups is 2. The predicted octanol–water partition coefficient (Wildman–Crippen LogP) is 8.48. The van der Waals surface area contributed by atoms with Gasteiger partial charge in [-0.3, -0.25) is 4.68 Å². The number of rotatable bonds is 30. The number of unbranched alkanes of at least 4 members (excludes halogenated alkanes) is 19. The highest BCUT2D eigenvalue weighted by Gasteiger charge is 2.25. The van der Waals surface area contributed by atoms with Crippen molar-refractivity contribution in [3.63, 3.8) is 0 Å². The molecule has 2 aromatic rings. The molecule has 10 nitrogen and oxygen atoms in total. The number of aryl methyl sites for hydroxylation is 3. The van der Waals surface area contributed by atoms with Crippen molar-refractivity contribution < 1.29 is 23.7 Å². The second-order valence-electron chi connectivity index (χ2n) is 13.5. The molecule has 0 fully saturated rings. The third-order valence-electron chi connectivity index (χ3n) is 9.00. The molecule has 0 radical (unpaired) electrons. The molecule has 0 aliphatic heterocycles. The topological polar surface area (TPSA) is 105 Å². The smallest absolute Gasteiger partial charge is 0.384 e. The van der Waals surface area contributed by atoms with Crippen molar-refractivity contribution in [2.24, 2.45) is 20.0 Å². The zero-order valence-corrected chi connectivity index (χ0v) is 30.4. The highest BCUT2D eigenvalue weighted by atomic mass is 16.5. The fourth-order valence-electron chi connectivity index (χ4n) is 6.06. The molecule has 0 spiro atoms. The van der Waals surface area contributed by atoms with E-state index >= 15 is 0 Å². The third-order valence-corrected chi connectivity index (χ3v) is 9.00. The number of hydrogen-bond acceptors (Lipinski definition) is 7. The normalized spacial score (nSPS) is 12.0. The Labute approximate surface area is 285 Å². The van der Waals surface area contributed by atoms with Crippen LogP contribution in [0.4, 0.5) is 0 Å². The lowest BCUT2D eigenvalue weighted by molar-refractivity contribution is -0.732. The summed E-state index contributed by atoms with van der Waals surface area (Å²) in [6.45, 7) is 5.80. The Morgan fingerprint density at radius 1 is 0.723 bits per heavy atom. The maximum atomic E-state index is 12.9. The molecule has 1 atom stereocenters. The van der Waals surface area contributed by atoms with Gasteiger partial charge < -0.3 is 9.47 Å². The van der Waals surface area contributed by atoms with Crippen molar-refractivity contribution in [2.45, 2.75) is 168 Å². The fraction of sp³-hybridized carbons (Fsp3) is 0.838. The molecule has 0 aliphatic rings. The molecular formula is C37H67N6O4+. The van der Waals surface area contributed by atoms with Gasteiger partial charge in [-0.25, -0.2) is 9.59 Å². The van der Waals surface area contributed by atoms with Gasteiger partial charge in [0.2, 0.25) is 0 Å². The minimum Gasteiger partial charge on any atom is -0.461 e. The summed E-state index contributed by atoms with van der Waals surface area (Å²) < 4.78 is 16.2. The highest BCUT2D eigenvalue weighted by Crippen LogP contribution is 2.19. The van der Waals surface area contributed by atoms with Crippen molar-refractivity contribution in [3.8, 4) is 0 Å². The maximum Gasteiger partial charge on any atom is 0.384 e. The number of carbonyl (C=O) groups excluding carboxylic acids is 2. The predicted molar refractivity (Wildman–Crippen MR) is 186 cm³/mol. The molecule has 0 amide bonds. The first-order chi connectivity index (χ1) is 22.9. The Morgan fingerprint density at radius 3 is 1.79 bits per heavy atom. The van der Waals surface area contributed by atoms with Gasteiger partial charge in [-0.05, 0) is 25.2 Å². The van der Waals surface area contributed by atoms with Crippen LogP contribution in [0, 0.1) is 5.92 Å². The highest BCUT2D eigenvalue weighted by molar-refractivity contribution is 5.87.